The number of rotatable bonds is 0. The van der Waals surface area contributed by atoms with Gasteiger partial charge in [0, 0.05) is 20.2 Å². The van der Waals surface area contributed by atoms with E-state index in [2.05, 4.69) is 93.9 Å². The van der Waals surface area contributed by atoms with E-state index in [1.807, 2.05) is 0 Å². The van der Waals surface area contributed by atoms with Crippen LogP contribution in [0.5, 0.6) is 0 Å². The highest BCUT2D eigenvalue weighted by Gasteiger charge is 2.10. The van der Waals surface area contributed by atoms with Crippen molar-refractivity contribution in [2.75, 3.05) is 0 Å². The average molecular weight is 476 g/mol. The summed E-state index contributed by atoms with van der Waals surface area (Å²) in [6, 6.07) is 13.0. The van der Waals surface area contributed by atoms with Gasteiger partial charge < -0.3 is 0 Å². The number of benzene rings is 2. The lowest BCUT2D eigenvalue weighted by atomic mass is 10.2. The molecular weight excluding hydrogens is 464 g/mol. The Hall–Kier alpha value is -1.12. The molecule has 4 heteroatoms. The van der Waals surface area contributed by atoms with Gasteiger partial charge in [-0.1, -0.05) is 24.3 Å². The second-order valence-electron chi connectivity index (χ2n) is 5.74. The molecule has 0 spiro atoms. The van der Waals surface area contributed by atoms with Crippen LogP contribution >= 0.6 is 54.5 Å². The summed E-state index contributed by atoms with van der Waals surface area (Å²) in [6.07, 6.45) is 0. The van der Waals surface area contributed by atoms with Gasteiger partial charge in [0.25, 0.3) is 0 Å². The number of halogens is 2. The summed E-state index contributed by atoms with van der Waals surface area (Å²) in [7, 11) is 0. The zero-order chi connectivity index (χ0) is 16.8. The predicted octanol–water partition coefficient (Wildman–Crippen LogP) is 7.66. The molecule has 2 heterocycles. The smallest absolute Gasteiger partial charge is 0.0927 e. The molecule has 0 aliphatic carbocycles. The molecule has 0 unspecified atom stereocenters. The van der Waals surface area contributed by atoms with Crippen molar-refractivity contribution in [1.82, 2.24) is 0 Å². The topological polar surface area (TPSA) is 0 Å². The monoisotopic (exact) mass is 474 g/mol. The molecule has 4 aromatic rings. The molecule has 24 heavy (non-hydrogen) atoms. The fourth-order valence-electron chi connectivity index (χ4n) is 2.62. The zero-order valence-corrected chi connectivity index (χ0v) is 17.8. The molecule has 0 aliphatic heterocycles. The Labute approximate surface area is 165 Å². The third-order valence-corrected chi connectivity index (χ3v) is 8.17. The summed E-state index contributed by atoms with van der Waals surface area (Å²) in [5, 5.41) is 2.47. The molecule has 0 nitrogen and oxygen atoms in total. The van der Waals surface area contributed by atoms with Crippen LogP contribution in [-0.2, 0) is 0 Å². The summed E-state index contributed by atoms with van der Waals surface area (Å²) < 4.78 is 4.75. The van der Waals surface area contributed by atoms with Gasteiger partial charge in [0.05, 0.1) is 18.7 Å². The number of thiophene rings is 2. The molecule has 2 aromatic carbocycles. The summed E-state index contributed by atoms with van der Waals surface area (Å²) in [6.45, 7) is 4.24. The molecule has 0 amide bonds. The summed E-state index contributed by atoms with van der Waals surface area (Å²) >= 11 is 10.9. The fraction of sp³-hybridized carbons (Fsp3) is 0.100. The van der Waals surface area contributed by atoms with Crippen LogP contribution in [-0.4, -0.2) is 0 Å². The summed E-state index contributed by atoms with van der Waals surface area (Å²) in [5.41, 5.74) is 2.55. The molecule has 0 N–H and O–H groups in total. The Bertz CT molecular complexity index is 1060. The van der Waals surface area contributed by atoms with E-state index in [0.717, 1.165) is 18.7 Å². The van der Waals surface area contributed by atoms with Crippen molar-refractivity contribution in [1.29, 1.82) is 0 Å². The molecule has 4 rings (SSSR count). The van der Waals surface area contributed by atoms with Crippen LogP contribution in [0.15, 0.2) is 45.3 Å². The van der Waals surface area contributed by atoms with E-state index in [4.69, 9.17) is 0 Å². The number of hydrogen-bond acceptors (Lipinski definition) is 2. The summed E-state index contributed by atoms with van der Waals surface area (Å²) in [5.74, 6) is 6.71. The second-order valence-corrected chi connectivity index (χ2v) is 9.43. The Balaban J connectivity index is 1.82. The van der Waals surface area contributed by atoms with E-state index in [0.29, 0.717) is 0 Å². The number of aryl methyl sites for hydroxylation is 2. The van der Waals surface area contributed by atoms with Gasteiger partial charge in [0.15, 0.2) is 0 Å². The fourth-order valence-corrected chi connectivity index (χ4v) is 6.35. The first-order valence-corrected chi connectivity index (χ1v) is 10.6. The van der Waals surface area contributed by atoms with Crippen molar-refractivity contribution in [3.63, 3.8) is 0 Å². The van der Waals surface area contributed by atoms with E-state index in [-0.39, 0.29) is 0 Å². The van der Waals surface area contributed by atoms with Crippen LogP contribution in [0.2, 0.25) is 0 Å². The number of hydrogen-bond donors (Lipinski definition) is 0. The van der Waals surface area contributed by atoms with Crippen LogP contribution in [0.4, 0.5) is 0 Å². The molecule has 118 valence electrons. The Morgan fingerprint density at radius 2 is 1.12 bits per heavy atom. The van der Waals surface area contributed by atoms with Crippen LogP contribution in [0.1, 0.15) is 20.9 Å². The Kier molecular flexibility index (Phi) is 4.30. The van der Waals surface area contributed by atoms with E-state index in [9.17, 15) is 0 Å². The highest BCUT2D eigenvalue weighted by molar-refractivity contribution is 9.11. The predicted molar refractivity (Wildman–Crippen MR) is 115 cm³/mol. The molecule has 0 radical (unpaired) electrons. The first kappa shape index (κ1) is 16.4. The van der Waals surface area contributed by atoms with Gasteiger partial charge in [-0.05, 0) is 80.8 Å². The second kappa shape index (κ2) is 6.31. The minimum atomic E-state index is 1.08. The lowest BCUT2D eigenvalue weighted by molar-refractivity contribution is 1.52. The third-order valence-electron chi connectivity index (χ3n) is 3.86. The first-order valence-electron chi connectivity index (χ1n) is 7.42. The maximum atomic E-state index is 3.71. The molecule has 0 saturated heterocycles. The van der Waals surface area contributed by atoms with Gasteiger partial charge in [0.2, 0.25) is 0 Å². The van der Waals surface area contributed by atoms with Gasteiger partial charge in [0.1, 0.15) is 0 Å². The van der Waals surface area contributed by atoms with Crippen molar-refractivity contribution in [3.8, 4) is 11.8 Å². The van der Waals surface area contributed by atoms with E-state index >= 15 is 0 Å². The SMILES string of the molecule is Cc1ccc2c(Br)c(C#Cc3sc4cc(C)ccc4c3Br)sc2c1. The highest BCUT2D eigenvalue weighted by Crippen LogP contribution is 2.37. The Morgan fingerprint density at radius 1 is 0.708 bits per heavy atom. The van der Waals surface area contributed by atoms with Crippen molar-refractivity contribution in [2.45, 2.75) is 13.8 Å². The minimum absolute atomic E-state index is 1.08. The molecule has 0 fully saturated rings. The lowest BCUT2D eigenvalue weighted by Crippen LogP contribution is -1.71. The molecule has 0 atom stereocenters. The van der Waals surface area contributed by atoms with Gasteiger partial charge in [-0.25, -0.2) is 0 Å². The van der Waals surface area contributed by atoms with Gasteiger partial charge in [-0.3, -0.25) is 0 Å². The standard InChI is InChI=1S/C20H12Br2S2/c1-11-3-5-13-17(9-11)23-15(19(13)21)7-8-16-20(22)14-6-4-12(2)10-18(14)24-16/h3-6,9-10H,1-2H3. The van der Waals surface area contributed by atoms with Crippen molar-refractivity contribution in [3.05, 3.63) is 66.2 Å². The van der Waals surface area contributed by atoms with Crippen molar-refractivity contribution >= 4 is 74.7 Å². The maximum Gasteiger partial charge on any atom is 0.0927 e. The van der Waals surface area contributed by atoms with E-state index < -0.39 is 0 Å². The minimum Gasteiger partial charge on any atom is -0.125 e. The third kappa shape index (κ3) is 2.84. The normalized spacial score (nSPS) is 11.0. The van der Waals surface area contributed by atoms with Crippen molar-refractivity contribution in [2.24, 2.45) is 0 Å². The molecule has 0 aliphatic rings. The average Bonchev–Trinajstić information content (AvgIpc) is 3.02. The lowest BCUT2D eigenvalue weighted by Gasteiger charge is -1.92. The van der Waals surface area contributed by atoms with Gasteiger partial charge >= 0.3 is 0 Å². The van der Waals surface area contributed by atoms with Crippen molar-refractivity contribution < 1.29 is 0 Å². The first-order chi connectivity index (χ1) is 11.5. The van der Waals surface area contributed by atoms with E-state index in [1.165, 1.54) is 31.3 Å². The quantitative estimate of drug-likeness (QED) is 0.229. The summed E-state index contributed by atoms with van der Waals surface area (Å²) in [4.78, 5) is 2.16. The largest absolute Gasteiger partial charge is 0.125 e. The Morgan fingerprint density at radius 3 is 1.54 bits per heavy atom. The van der Waals surface area contributed by atoms with E-state index in [1.54, 1.807) is 22.7 Å². The number of fused-ring (bicyclic) bond motifs is 2. The molecule has 2 aromatic heterocycles. The highest BCUT2D eigenvalue weighted by atomic mass is 79.9. The maximum absolute atomic E-state index is 3.71. The van der Waals surface area contributed by atoms with Crippen LogP contribution in [0.3, 0.4) is 0 Å². The zero-order valence-electron chi connectivity index (χ0n) is 13.0. The molecule has 0 saturated carbocycles. The van der Waals surface area contributed by atoms with Crippen LogP contribution in [0.25, 0.3) is 20.2 Å². The molecular formula is C20H12Br2S2. The van der Waals surface area contributed by atoms with Gasteiger partial charge in [-0.15, -0.1) is 22.7 Å². The van der Waals surface area contributed by atoms with Crippen LogP contribution < -0.4 is 0 Å². The molecule has 0 bridgehead atoms. The van der Waals surface area contributed by atoms with Gasteiger partial charge in [-0.2, -0.15) is 0 Å². The van der Waals surface area contributed by atoms with Crippen LogP contribution in [0, 0.1) is 25.7 Å².